The van der Waals surface area contributed by atoms with Gasteiger partial charge in [-0.1, -0.05) is 131 Å². The van der Waals surface area contributed by atoms with Crippen LogP contribution < -0.4 is 0 Å². The molecule has 0 fully saturated rings. The summed E-state index contributed by atoms with van der Waals surface area (Å²) in [6.07, 6.45) is 5.88. The van der Waals surface area contributed by atoms with Gasteiger partial charge in [0.25, 0.3) is 0 Å². The Kier molecular flexibility index (Phi) is 11.5. The number of carbonyl (C=O) groups is 1. The quantitative estimate of drug-likeness (QED) is 0.0891. The number of carbonyl (C=O) groups excluding carboxylic acids is 1. The fourth-order valence-electron chi connectivity index (χ4n) is 8.64. The summed E-state index contributed by atoms with van der Waals surface area (Å²) in [7, 11) is 0. The summed E-state index contributed by atoms with van der Waals surface area (Å²) < 4.78 is 0. The minimum Gasteiger partial charge on any atom is -0.512 e. The molecule has 5 heteroatoms. The van der Waals surface area contributed by atoms with E-state index in [0.29, 0.717) is 5.92 Å². The molecule has 4 nitrogen and oxygen atoms in total. The number of rotatable bonds is 9. The fraction of sp³-hybridized carbons (Fsp3) is 0.312. The molecule has 6 aromatic rings. The molecule has 1 aromatic heterocycles. The number of allylic oxidation sites excluding steroid dienone is 2. The topological polar surface area (TPSA) is 63.1 Å². The average molecular weight is 878 g/mol. The van der Waals surface area contributed by atoms with Gasteiger partial charge in [0.05, 0.1) is 22.2 Å². The van der Waals surface area contributed by atoms with Crippen molar-refractivity contribution in [3.05, 3.63) is 143 Å². The van der Waals surface area contributed by atoms with E-state index in [0.717, 1.165) is 60.1 Å². The Morgan fingerprint density at radius 1 is 0.755 bits per heavy atom. The van der Waals surface area contributed by atoms with E-state index < -0.39 is 5.41 Å². The molecule has 1 N–H and O–H groups in total. The van der Waals surface area contributed by atoms with Crippen molar-refractivity contribution < 1.29 is 30.0 Å². The molecule has 273 valence electrons. The van der Waals surface area contributed by atoms with E-state index in [1.165, 1.54) is 50.2 Å². The molecule has 1 radical (unpaired) electrons. The molecule has 5 aromatic carbocycles. The van der Waals surface area contributed by atoms with Crippen LogP contribution in [0.1, 0.15) is 95.2 Å². The van der Waals surface area contributed by atoms with Crippen LogP contribution in [-0.2, 0) is 36.7 Å². The Bertz CT molecular complexity index is 2260. The molecule has 8 rings (SSSR count). The molecule has 0 amide bonds. The van der Waals surface area contributed by atoms with Gasteiger partial charge >= 0.3 is 0 Å². The van der Waals surface area contributed by atoms with Gasteiger partial charge in [0.15, 0.2) is 5.78 Å². The van der Waals surface area contributed by atoms with Gasteiger partial charge in [-0.3, -0.25) is 14.8 Å². The number of aliphatic hydroxyl groups is 1. The summed E-state index contributed by atoms with van der Waals surface area (Å²) >= 11 is 0. The van der Waals surface area contributed by atoms with Crippen LogP contribution in [0, 0.1) is 23.8 Å². The minimum atomic E-state index is -0.531. The maximum atomic E-state index is 11.7. The number of ketones is 1. The third kappa shape index (κ3) is 6.47. The number of nitrogens with zero attached hydrogens (tertiary/aromatic N) is 2. The van der Waals surface area contributed by atoms with Crippen molar-refractivity contribution >= 4 is 27.6 Å². The van der Waals surface area contributed by atoms with E-state index in [2.05, 4.69) is 111 Å². The van der Waals surface area contributed by atoms with Gasteiger partial charge in [0.2, 0.25) is 0 Å². The number of hydrogen-bond acceptors (Lipinski definition) is 4. The largest absolute Gasteiger partial charge is 0.512 e. The van der Waals surface area contributed by atoms with E-state index in [1.54, 1.807) is 0 Å². The van der Waals surface area contributed by atoms with Gasteiger partial charge < -0.3 is 5.11 Å². The van der Waals surface area contributed by atoms with Crippen LogP contribution in [0.2, 0.25) is 0 Å². The number of benzene rings is 5. The summed E-state index contributed by atoms with van der Waals surface area (Å²) in [5.74, 6) is 1.08. The first kappa shape index (κ1) is 38.3. The van der Waals surface area contributed by atoms with E-state index in [-0.39, 0.29) is 43.5 Å². The zero-order valence-electron chi connectivity index (χ0n) is 31.7. The van der Waals surface area contributed by atoms with Crippen LogP contribution in [0.25, 0.3) is 44.2 Å². The van der Waals surface area contributed by atoms with E-state index in [9.17, 15) is 9.90 Å². The summed E-state index contributed by atoms with van der Waals surface area (Å²) in [5.41, 5.74) is 12.1. The molecule has 53 heavy (non-hydrogen) atoms. The molecule has 0 aliphatic heterocycles. The van der Waals surface area contributed by atoms with Crippen molar-refractivity contribution in [3.8, 4) is 22.4 Å². The average Bonchev–Trinajstić information content (AvgIpc) is 3.45. The van der Waals surface area contributed by atoms with Gasteiger partial charge in [-0.25, -0.2) is 0 Å². The molecule has 2 aliphatic carbocycles. The van der Waals surface area contributed by atoms with Crippen molar-refractivity contribution in [2.24, 2.45) is 17.8 Å². The zero-order valence-corrected chi connectivity index (χ0v) is 34.1. The third-order valence-electron chi connectivity index (χ3n) is 11.3. The Balaban J connectivity index is 0.000000258. The van der Waals surface area contributed by atoms with Crippen LogP contribution in [0.4, 0.5) is 0 Å². The minimum absolute atomic E-state index is 0. The maximum absolute atomic E-state index is 11.7. The summed E-state index contributed by atoms with van der Waals surface area (Å²) in [5, 5.41) is 12.2. The summed E-state index contributed by atoms with van der Waals surface area (Å²) in [4.78, 5) is 22.7. The standard InChI is InChI=1S/C35H25N2.C13H24O2.Ir/c1-21(2)20-23-12-9-19-30-32(23)37-34-33(36-30)26-15-7-10-22-11-8-18-29(31(22)26)35(34)27-16-5-3-13-24(27)25-14-4-6-17-28(25)35;1-5-10(6-2)12(14)9-13(15)11(7-3)8-4;/h3-14,16-19,21H,20H2,1-2H3;9-11,14H,5-8H2,1-4H3;/q-1;;/b;12-9-;. The third-order valence-corrected chi connectivity index (χ3v) is 11.3. The maximum Gasteiger partial charge on any atom is 0.162 e. The SMILES string of the molecule is CC(C)Cc1cccc2nc3c(nc12)C1(c2ccccc2-c2ccccc21)c1cccc2cc[c-]c-3c12.CCC(CC)C(=O)/C=C(\O)C(CC)CC.[Ir]. The van der Waals surface area contributed by atoms with Crippen molar-refractivity contribution in [2.45, 2.75) is 79.1 Å². The number of hydrogen-bond donors (Lipinski definition) is 1. The predicted octanol–water partition coefficient (Wildman–Crippen LogP) is 12.0. The van der Waals surface area contributed by atoms with Crippen LogP contribution >= 0.6 is 0 Å². The van der Waals surface area contributed by atoms with Crippen LogP contribution in [0.15, 0.2) is 109 Å². The van der Waals surface area contributed by atoms with Crippen molar-refractivity contribution in [1.82, 2.24) is 9.97 Å². The molecular formula is C48H49IrN2O2-. The zero-order chi connectivity index (χ0) is 36.6. The van der Waals surface area contributed by atoms with Crippen LogP contribution in [0.3, 0.4) is 0 Å². The monoisotopic (exact) mass is 878 g/mol. The molecule has 1 spiro atoms. The smallest absolute Gasteiger partial charge is 0.162 e. The summed E-state index contributed by atoms with van der Waals surface area (Å²) in [6.45, 7) is 12.6. The van der Waals surface area contributed by atoms with Crippen molar-refractivity contribution in [3.63, 3.8) is 0 Å². The molecule has 0 bridgehead atoms. The Hall–Kier alpha value is -4.44. The van der Waals surface area contributed by atoms with Crippen LogP contribution in [0.5, 0.6) is 0 Å². The first-order valence-electron chi connectivity index (χ1n) is 19.2. The molecule has 2 aliphatic rings. The van der Waals surface area contributed by atoms with Crippen LogP contribution in [-0.4, -0.2) is 20.9 Å². The van der Waals surface area contributed by atoms with Gasteiger partial charge in [0.1, 0.15) is 0 Å². The van der Waals surface area contributed by atoms with Gasteiger partial charge in [-0.2, -0.15) is 0 Å². The van der Waals surface area contributed by atoms with Crippen molar-refractivity contribution in [1.29, 1.82) is 0 Å². The van der Waals surface area contributed by atoms with Gasteiger partial charge in [0, 0.05) is 49.4 Å². The molecule has 0 atom stereocenters. The number of fused-ring (bicyclic) bond motifs is 10. The Morgan fingerprint density at radius 3 is 1.98 bits per heavy atom. The Labute approximate surface area is 328 Å². The number of aromatic nitrogens is 2. The number of aliphatic hydroxyl groups excluding tert-OH is 1. The summed E-state index contributed by atoms with van der Waals surface area (Å²) in [6, 6.07) is 38.6. The molecule has 0 saturated carbocycles. The first-order valence-corrected chi connectivity index (χ1v) is 19.2. The van der Waals surface area contributed by atoms with Gasteiger partial charge in [-0.15, -0.1) is 29.1 Å². The van der Waals surface area contributed by atoms with E-state index >= 15 is 0 Å². The van der Waals surface area contributed by atoms with Crippen molar-refractivity contribution in [2.75, 3.05) is 0 Å². The fourth-order valence-corrected chi connectivity index (χ4v) is 8.64. The molecule has 0 unspecified atom stereocenters. The second-order valence-corrected chi connectivity index (χ2v) is 14.8. The first-order chi connectivity index (χ1) is 25.3. The molecule has 0 saturated heterocycles. The molecular weight excluding hydrogens is 829 g/mol. The molecule has 1 heterocycles. The number of para-hydroxylation sites is 1. The predicted molar refractivity (Wildman–Crippen MR) is 215 cm³/mol. The second kappa shape index (κ2) is 15.9. The second-order valence-electron chi connectivity index (χ2n) is 14.8. The normalized spacial score (nSPS) is 13.5. The Morgan fingerprint density at radius 2 is 1.36 bits per heavy atom. The van der Waals surface area contributed by atoms with Gasteiger partial charge in [-0.05, 0) is 71.9 Å². The van der Waals surface area contributed by atoms with E-state index in [1.807, 2.05) is 33.8 Å². The van der Waals surface area contributed by atoms with E-state index in [4.69, 9.17) is 9.97 Å².